The Morgan fingerprint density at radius 1 is 0.337 bits per heavy atom. The predicted octanol–water partition coefficient (Wildman–Crippen LogP) is 14.0. The van der Waals surface area contributed by atoms with Crippen molar-refractivity contribution in [3.8, 4) is 0 Å². The number of aliphatic hydroxyl groups excluding tert-OH is 4. The molecule has 4 N–H and O–H groups in total. The maximum absolute atomic E-state index is 13.0. The number of carbonyl (C=O) groups is 5. The van der Waals surface area contributed by atoms with Crippen molar-refractivity contribution in [2.45, 2.75) is 305 Å². The molecule has 0 radical (unpaired) electrons. The number of rotatable bonds is 67. The van der Waals surface area contributed by atoms with Gasteiger partial charge in [0.25, 0.3) is 0 Å². The standard InChI is InChI=1S/C75H144N4O14S2/c1-9-63(10-2)59-90-72(85)39-29-21-17-25-35-67(80)55-78(56-68(81)36-26-18-22-30-40-73(86)91-60-64(11-3)12-4)44-33-43-71(84)89-52-50-76-46-48-77(49-47-76)51-54-95-94-53-34-45-79(57-69(82)37-27-19-23-31-41-74(87)92-61-65(13-5)14-6)58-70(83)38-28-20-24-32-42-75(88)93-62-66(15-7)16-8/h63-70,80-83H,9-62H2,1-8H3. The number of hydrogen-bond acceptors (Lipinski definition) is 20. The van der Waals surface area contributed by atoms with E-state index in [1.54, 1.807) is 0 Å². The fourth-order valence-electron chi connectivity index (χ4n) is 12.0. The van der Waals surface area contributed by atoms with E-state index in [4.69, 9.17) is 23.7 Å². The van der Waals surface area contributed by atoms with Crippen LogP contribution in [0.15, 0.2) is 0 Å². The maximum Gasteiger partial charge on any atom is 0.305 e. The molecule has 95 heavy (non-hydrogen) atoms. The molecule has 1 fully saturated rings. The number of carbonyl (C=O) groups excluding carboxylic acids is 5. The topological polar surface area (TPSA) is 225 Å². The maximum atomic E-state index is 13.0. The lowest BCUT2D eigenvalue weighted by molar-refractivity contribution is -0.146. The van der Waals surface area contributed by atoms with Crippen molar-refractivity contribution in [1.82, 2.24) is 19.6 Å². The Morgan fingerprint density at radius 2 is 0.600 bits per heavy atom. The van der Waals surface area contributed by atoms with E-state index < -0.39 is 24.4 Å². The predicted molar refractivity (Wildman–Crippen MR) is 390 cm³/mol. The molecule has 0 aromatic heterocycles. The fraction of sp³-hybridized carbons (Fsp3) is 0.933. The molecule has 0 amide bonds. The quantitative estimate of drug-likeness (QED) is 0.0192. The summed E-state index contributed by atoms with van der Waals surface area (Å²) in [6.45, 7) is 28.1. The number of hydrogen-bond donors (Lipinski definition) is 4. The van der Waals surface area contributed by atoms with Gasteiger partial charge in [-0.25, -0.2) is 0 Å². The number of unbranched alkanes of at least 4 members (excludes halogenated alkanes) is 12. The highest BCUT2D eigenvalue weighted by Crippen LogP contribution is 2.24. The molecule has 0 saturated carbocycles. The minimum Gasteiger partial charge on any atom is -0.465 e. The summed E-state index contributed by atoms with van der Waals surface area (Å²) >= 11 is 0. The van der Waals surface area contributed by atoms with Crippen molar-refractivity contribution in [1.29, 1.82) is 0 Å². The third-order valence-electron chi connectivity index (χ3n) is 19.4. The minimum atomic E-state index is -0.572. The van der Waals surface area contributed by atoms with Crippen LogP contribution in [0.25, 0.3) is 0 Å². The van der Waals surface area contributed by atoms with Gasteiger partial charge in [0.1, 0.15) is 6.61 Å². The first-order valence-electron chi connectivity index (χ1n) is 38.6. The molecule has 1 heterocycles. The molecule has 1 aliphatic rings. The van der Waals surface area contributed by atoms with Crippen LogP contribution in [0.4, 0.5) is 0 Å². The first-order valence-corrected chi connectivity index (χ1v) is 41.1. The molecule has 0 spiro atoms. The molecule has 4 atom stereocenters. The van der Waals surface area contributed by atoms with Crippen LogP contribution in [-0.4, -0.2) is 217 Å². The molecule has 0 aromatic carbocycles. The third-order valence-corrected chi connectivity index (χ3v) is 21.8. The summed E-state index contributed by atoms with van der Waals surface area (Å²) in [6, 6.07) is 0. The van der Waals surface area contributed by atoms with E-state index in [1.807, 2.05) is 21.6 Å². The minimum absolute atomic E-state index is 0.112. The number of aliphatic hydroxyl groups is 4. The van der Waals surface area contributed by atoms with E-state index in [2.05, 4.69) is 75.0 Å². The Balaban J connectivity index is 2.53. The van der Waals surface area contributed by atoms with Crippen LogP contribution >= 0.6 is 21.6 Å². The van der Waals surface area contributed by atoms with Crippen molar-refractivity contribution in [2.75, 3.05) is 123 Å². The van der Waals surface area contributed by atoms with Gasteiger partial charge in [-0.3, -0.25) is 43.6 Å². The zero-order valence-corrected chi connectivity index (χ0v) is 63.4. The van der Waals surface area contributed by atoms with Crippen LogP contribution in [0.5, 0.6) is 0 Å². The second kappa shape index (κ2) is 62.7. The van der Waals surface area contributed by atoms with E-state index >= 15 is 0 Å². The van der Waals surface area contributed by atoms with Crippen LogP contribution in [0.2, 0.25) is 0 Å². The fourth-order valence-corrected chi connectivity index (χ4v) is 14.1. The summed E-state index contributed by atoms with van der Waals surface area (Å²) in [7, 11) is 3.79. The zero-order chi connectivity index (χ0) is 69.9. The van der Waals surface area contributed by atoms with Crippen LogP contribution < -0.4 is 0 Å². The molecule has 1 saturated heterocycles. The van der Waals surface area contributed by atoms with E-state index in [0.29, 0.717) is 154 Å². The molecule has 0 bridgehead atoms. The van der Waals surface area contributed by atoms with Crippen LogP contribution in [-0.2, 0) is 47.7 Å². The van der Waals surface area contributed by atoms with Gasteiger partial charge >= 0.3 is 29.8 Å². The lowest BCUT2D eigenvalue weighted by atomic mass is 10.1. The highest BCUT2D eigenvalue weighted by molar-refractivity contribution is 8.76. The van der Waals surface area contributed by atoms with E-state index in [0.717, 1.165) is 211 Å². The molecule has 20 heteroatoms. The first kappa shape index (κ1) is 90.7. The van der Waals surface area contributed by atoms with Gasteiger partial charge in [0.15, 0.2) is 0 Å². The van der Waals surface area contributed by atoms with Crippen LogP contribution in [0.3, 0.4) is 0 Å². The Morgan fingerprint density at radius 3 is 0.916 bits per heavy atom. The summed E-state index contributed by atoms with van der Waals surface area (Å²) < 4.78 is 27.6. The largest absolute Gasteiger partial charge is 0.465 e. The van der Waals surface area contributed by atoms with Crippen molar-refractivity contribution < 1.29 is 68.1 Å². The molecular formula is C75H144N4O14S2. The SMILES string of the molecule is CCC(CC)COC(=O)CCCCCCC(O)CN(CCCSSCCN1CCN(CCOC(=O)CCCN(CC(O)CCCCCCC(=O)OCC(CC)CC)CC(O)CCCCCCC(=O)OCC(CC)CC)CC1)CC(O)CCCCCCC(=O)OCC(CC)CC. The van der Waals surface area contributed by atoms with Gasteiger partial charge in [0.05, 0.1) is 50.8 Å². The lowest BCUT2D eigenvalue weighted by Gasteiger charge is -2.34. The smallest absolute Gasteiger partial charge is 0.305 e. The highest BCUT2D eigenvalue weighted by Gasteiger charge is 2.22. The van der Waals surface area contributed by atoms with Crippen molar-refractivity contribution in [3.05, 3.63) is 0 Å². The summed E-state index contributed by atoms with van der Waals surface area (Å²) in [6.07, 6.45) is 26.1. The molecule has 0 aromatic rings. The van der Waals surface area contributed by atoms with Gasteiger partial charge in [0.2, 0.25) is 0 Å². The molecule has 0 aliphatic carbocycles. The molecule has 4 unspecified atom stereocenters. The van der Waals surface area contributed by atoms with E-state index in [1.165, 1.54) is 0 Å². The van der Waals surface area contributed by atoms with Crippen molar-refractivity contribution >= 4 is 51.4 Å². The number of ether oxygens (including phenoxy) is 5. The van der Waals surface area contributed by atoms with Gasteiger partial charge in [-0.15, -0.1) is 0 Å². The normalized spacial score (nSPS) is 14.5. The van der Waals surface area contributed by atoms with Gasteiger partial charge < -0.3 is 44.1 Å². The van der Waals surface area contributed by atoms with Gasteiger partial charge in [0, 0.05) is 109 Å². The van der Waals surface area contributed by atoms with Crippen molar-refractivity contribution in [3.63, 3.8) is 0 Å². The molecular weight excluding hydrogens is 1240 g/mol. The monoisotopic (exact) mass is 1390 g/mol. The molecule has 18 nitrogen and oxygen atoms in total. The molecule has 1 aliphatic heterocycles. The molecule has 1 rings (SSSR count). The zero-order valence-electron chi connectivity index (χ0n) is 61.8. The summed E-state index contributed by atoms with van der Waals surface area (Å²) in [5.41, 5.74) is 0. The van der Waals surface area contributed by atoms with Crippen molar-refractivity contribution in [2.24, 2.45) is 23.7 Å². The van der Waals surface area contributed by atoms with Gasteiger partial charge in [-0.2, -0.15) is 0 Å². The third kappa shape index (κ3) is 53.3. The highest BCUT2D eigenvalue weighted by atomic mass is 33.1. The second-order valence-corrected chi connectivity index (χ2v) is 30.1. The Bertz CT molecular complexity index is 1730. The summed E-state index contributed by atoms with van der Waals surface area (Å²) in [5.74, 6) is 2.98. The van der Waals surface area contributed by atoms with Crippen LogP contribution in [0.1, 0.15) is 280 Å². The average molecular weight is 1390 g/mol. The Labute approximate surface area is 587 Å². The van der Waals surface area contributed by atoms with Gasteiger partial charge in [-0.05, 0) is 101 Å². The van der Waals surface area contributed by atoms with Gasteiger partial charge in [-0.1, -0.05) is 205 Å². The number of piperazine rings is 1. The molecule has 560 valence electrons. The Hall–Kier alpha value is -2.27. The Kier molecular flexibility index (Phi) is 59.9. The summed E-state index contributed by atoms with van der Waals surface area (Å²) in [5, 5.41) is 44.5. The lowest BCUT2D eigenvalue weighted by Crippen LogP contribution is -2.47. The number of esters is 5. The summed E-state index contributed by atoms with van der Waals surface area (Å²) in [4.78, 5) is 71.0. The number of nitrogens with zero attached hydrogens (tertiary/aromatic N) is 4. The van der Waals surface area contributed by atoms with Crippen LogP contribution in [0, 0.1) is 23.7 Å². The van der Waals surface area contributed by atoms with E-state index in [-0.39, 0.29) is 36.3 Å². The second-order valence-electron chi connectivity index (χ2n) is 27.4. The van der Waals surface area contributed by atoms with E-state index in [9.17, 15) is 44.4 Å². The first-order chi connectivity index (χ1) is 46.0. The average Bonchev–Trinajstić information content (AvgIpc) is 1.99.